The van der Waals surface area contributed by atoms with Crippen LogP contribution in [0.2, 0.25) is 0 Å². The summed E-state index contributed by atoms with van der Waals surface area (Å²) < 4.78 is 5.06. The van der Waals surface area contributed by atoms with Crippen LogP contribution < -0.4 is 10.6 Å². The molecule has 0 atom stereocenters. The van der Waals surface area contributed by atoms with Gasteiger partial charge in [0.2, 0.25) is 0 Å². The molecule has 0 aliphatic heterocycles. The first-order chi connectivity index (χ1) is 16.1. The van der Waals surface area contributed by atoms with Crippen molar-refractivity contribution in [3.05, 3.63) is 78.0 Å². The number of carbonyl (C=O) groups is 3. The lowest BCUT2D eigenvalue weighted by atomic mass is 10.1. The third-order valence-corrected chi connectivity index (χ3v) is 5.54. The van der Waals surface area contributed by atoms with Gasteiger partial charge in [0.25, 0.3) is 11.8 Å². The highest BCUT2D eigenvalue weighted by Crippen LogP contribution is 2.20. The normalized spacial score (nSPS) is 13.8. The Labute approximate surface area is 191 Å². The monoisotopic (exact) mass is 443 g/mol. The molecule has 2 amide bonds. The van der Waals surface area contributed by atoms with E-state index in [0.717, 1.165) is 42.1 Å². The predicted octanol–water partition coefficient (Wildman–Crippen LogP) is 4.10. The zero-order valence-electron chi connectivity index (χ0n) is 18.1. The van der Waals surface area contributed by atoms with Crippen molar-refractivity contribution in [3.8, 4) is 0 Å². The Morgan fingerprint density at radius 2 is 1.79 bits per heavy atom. The van der Waals surface area contributed by atoms with Crippen LogP contribution in [0.4, 0.5) is 5.69 Å². The standard InChI is InChI=1S/C26H25N3O4/c30-23(29-22-13-4-3-12-21(22)26(32)28-20-10-1-2-11-20)17-33-24(31)15-14-19-8-5-7-18-9-6-16-27-25(18)19/h3-9,12-16,20H,1-2,10-11,17H2,(H,28,32)(H,29,30)/b15-14+. The minimum atomic E-state index is -0.648. The number of pyridine rings is 1. The third kappa shape index (κ3) is 5.83. The zero-order chi connectivity index (χ0) is 23.0. The fourth-order valence-electron chi connectivity index (χ4n) is 3.91. The second-order valence-corrected chi connectivity index (χ2v) is 7.91. The highest BCUT2D eigenvalue weighted by molar-refractivity contribution is 6.04. The number of carbonyl (C=O) groups excluding carboxylic acids is 3. The van der Waals surface area contributed by atoms with E-state index in [4.69, 9.17) is 4.74 Å². The van der Waals surface area contributed by atoms with Gasteiger partial charge >= 0.3 is 5.97 Å². The molecule has 168 valence electrons. The molecule has 0 spiro atoms. The number of para-hydroxylation sites is 2. The van der Waals surface area contributed by atoms with Gasteiger partial charge in [-0.15, -0.1) is 0 Å². The highest BCUT2D eigenvalue weighted by Gasteiger charge is 2.20. The maximum Gasteiger partial charge on any atom is 0.331 e. The molecule has 3 aromatic rings. The van der Waals surface area contributed by atoms with E-state index in [9.17, 15) is 14.4 Å². The quantitative estimate of drug-likeness (QED) is 0.423. The molecular weight excluding hydrogens is 418 g/mol. The van der Waals surface area contributed by atoms with Gasteiger partial charge in [0.15, 0.2) is 6.61 Å². The number of hydrogen-bond acceptors (Lipinski definition) is 5. The fraction of sp³-hybridized carbons (Fsp3) is 0.231. The Morgan fingerprint density at radius 3 is 2.64 bits per heavy atom. The molecule has 0 saturated heterocycles. The molecule has 4 rings (SSSR count). The first-order valence-corrected chi connectivity index (χ1v) is 11.0. The van der Waals surface area contributed by atoms with E-state index in [-0.39, 0.29) is 11.9 Å². The van der Waals surface area contributed by atoms with E-state index in [1.807, 2.05) is 30.3 Å². The average Bonchev–Trinajstić information content (AvgIpc) is 3.34. The number of fused-ring (bicyclic) bond motifs is 1. The van der Waals surface area contributed by atoms with Crippen molar-refractivity contribution in [1.29, 1.82) is 0 Å². The summed E-state index contributed by atoms with van der Waals surface area (Å²) in [7, 11) is 0. The summed E-state index contributed by atoms with van der Waals surface area (Å²) in [5.74, 6) is -1.39. The van der Waals surface area contributed by atoms with Crippen LogP contribution >= 0.6 is 0 Å². The summed E-state index contributed by atoms with van der Waals surface area (Å²) in [6.07, 6.45) is 8.73. The zero-order valence-corrected chi connectivity index (χ0v) is 18.1. The topological polar surface area (TPSA) is 97.4 Å². The summed E-state index contributed by atoms with van der Waals surface area (Å²) in [6.45, 7) is -0.463. The fourth-order valence-corrected chi connectivity index (χ4v) is 3.91. The minimum absolute atomic E-state index is 0.172. The molecule has 1 aromatic heterocycles. The van der Waals surface area contributed by atoms with E-state index in [0.29, 0.717) is 11.3 Å². The molecule has 2 N–H and O–H groups in total. The summed E-state index contributed by atoms with van der Waals surface area (Å²) in [4.78, 5) is 41.4. The summed E-state index contributed by atoms with van der Waals surface area (Å²) in [5.41, 5.74) is 2.31. The van der Waals surface area contributed by atoms with Crippen molar-refractivity contribution in [1.82, 2.24) is 10.3 Å². The largest absolute Gasteiger partial charge is 0.452 e. The number of rotatable bonds is 7. The van der Waals surface area contributed by atoms with Gasteiger partial charge in [-0.2, -0.15) is 0 Å². The van der Waals surface area contributed by atoms with E-state index >= 15 is 0 Å². The van der Waals surface area contributed by atoms with Crippen LogP contribution in [0.25, 0.3) is 17.0 Å². The number of nitrogens with one attached hydrogen (secondary N) is 2. The smallest absolute Gasteiger partial charge is 0.331 e. The molecule has 1 aliphatic carbocycles. The number of amides is 2. The highest BCUT2D eigenvalue weighted by atomic mass is 16.5. The predicted molar refractivity (Wildman–Crippen MR) is 127 cm³/mol. The molecule has 7 nitrogen and oxygen atoms in total. The van der Waals surface area contributed by atoms with Gasteiger partial charge in [-0.05, 0) is 37.1 Å². The van der Waals surface area contributed by atoms with Crippen LogP contribution in [0.3, 0.4) is 0 Å². The molecule has 1 saturated carbocycles. The van der Waals surface area contributed by atoms with Crippen LogP contribution in [-0.2, 0) is 14.3 Å². The molecule has 0 radical (unpaired) electrons. The van der Waals surface area contributed by atoms with Gasteiger partial charge in [0, 0.05) is 29.3 Å². The Kier molecular flexibility index (Phi) is 7.09. The number of nitrogens with zero attached hydrogens (tertiary/aromatic N) is 1. The number of ether oxygens (including phenoxy) is 1. The van der Waals surface area contributed by atoms with Gasteiger partial charge in [0.05, 0.1) is 16.8 Å². The maximum atomic E-state index is 12.6. The van der Waals surface area contributed by atoms with Gasteiger partial charge in [-0.3, -0.25) is 14.6 Å². The Bertz CT molecular complexity index is 1190. The molecule has 1 fully saturated rings. The molecule has 2 aromatic carbocycles. The Morgan fingerprint density at radius 1 is 1.00 bits per heavy atom. The lowest BCUT2D eigenvalue weighted by Gasteiger charge is -2.15. The van der Waals surface area contributed by atoms with Crippen LogP contribution in [0.1, 0.15) is 41.6 Å². The first-order valence-electron chi connectivity index (χ1n) is 11.0. The number of esters is 1. The van der Waals surface area contributed by atoms with Crippen molar-refractivity contribution in [2.75, 3.05) is 11.9 Å². The van der Waals surface area contributed by atoms with Crippen molar-refractivity contribution in [2.24, 2.45) is 0 Å². The van der Waals surface area contributed by atoms with Crippen molar-refractivity contribution in [3.63, 3.8) is 0 Å². The Balaban J connectivity index is 1.32. The van der Waals surface area contributed by atoms with Crippen LogP contribution in [-0.4, -0.2) is 35.4 Å². The average molecular weight is 444 g/mol. The number of aromatic nitrogens is 1. The van der Waals surface area contributed by atoms with Gasteiger partial charge in [-0.1, -0.05) is 49.2 Å². The molecular formula is C26H25N3O4. The molecule has 0 bridgehead atoms. The molecule has 33 heavy (non-hydrogen) atoms. The summed E-state index contributed by atoms with van der Waals surface area (Å²) >= 11 is 0. The maximum absolute atomic E-state index is 12.6. The molecule has 7 heteroatoms. The van der Waals surface area contributed by atoms with E-state index in [2.05, 4.69) is 15.6 Å². The second kappa shape index (κ2) is 10.5. The first kappa shape index (κ1) is 22.2. The van der Waals surface area contributed by atoms with E-state index in [1.54, 1.807) is 36.5 Å². The third-order valence-electron chi connectivity index (χ3n) is 5.54. The van der Waals surface area contributed by atoms with Gasteiger partial charge in [0.1, 0.15) is 0 Å². The lowest BCUT2D eigenvalue weighted by Crippen LogP contribution is -2.33. The molecule has 1 aliphatic rings. The van der Waals surface area contributed by atoms with Gasteiger partial charge < -0.3 is 15.4 Å². The Hall–Kier alpha value is -4.00. The number of hydrogen-bond donors (Lipinski definition) is 2. The van der Waals surface area contributed by atoms with Crippen LogP contribution in [0.5, 0.6) is 0 Å². The van der Waals surface area contributed by atoms with Crippen LogP contribution in [0, 0.1) is 0 Å². The van der Waals surface area contributed by atoms with E-state index < -0.39 is 18.5 Å². The number of anilines is 1. The SMILES string of the molecule is O=C(COC(=O)/C=C/c1cccc2cccnc12)Nc1ccccc1C(=O)NC1CCCC1. The second-order valence-electron chi connectivity index (χ2n) is 7.91. The lowest BCUT2D eigenvalue weighted by molar-refractivity contribution is -0.142. The van der Waals surface area contributed by atoms with Crippen LogP contribution in [0.15, 0.2) is 66.9 Å². The number of benzene rings is 2. The van der Waals surface area contributed by atoms with Gasteiger partial charge in [-0.25, -0.2) is 4.79 Å². The summed E-state index contributed by atoms with van der Waals surface area (Å²) in [5, 5.41) is 6.63. The minimum Gasteiger partial charge on any atom is -0.452 e. The van der Waals surface area contributed by atoms with Crippen molar-refractivity contribution < 1.29 is 19.1 Å². The summed E-state index contributed by atoms with van der Waals surface area (Å²) in [6, 6.07) is 16.4. The van der Waals surface area contributed by atoms with Crippen molar-refractivity contribution >= 4 is 40.4 Å². The molecule has 1 heterocycles. The molecule has 0 unspecified atom stereocenters. The van der Waals surface area contributed by atoms with E-state index in [1.165, 1.54) is 6.08 Å². The van der Waals surface area contributed by atoms with Crippen molar-refractivity contribution in [2.45, 2.75) is 31.7 Å².